The highest BCUT2D eigenvalue weighted by Gasteiger charge is 2.30. The van der Waals surface area contributed by atoms with E-state index in [-0.39, 0.29) is 17.6 Å². The molecule has 0 bridgehead atoms. The third kappa shape index (κ3) is 4.27. The largest absolute Gasteiger partial charge is 0.381 e. The molecule has 0 saturated carbocycles. The summed E-state index contributed by atoms with van der Waals surface area (Å²) in [6, 6.07) is 6.64. The maximum atomic E-state index is 13.7. The first-order valence-electron chi connectivity index (χ1n) is 13.3. The number of carbonyl (C=O) groups is 1. The van der Waals surface area contributed by atoms with Gasteiger partial charge in [0.15, 0.2) is 11.6 Å². The molecule has 0 aliphatic carbocycles. The number of nitrogens with one attached hydrogen (secondary N) is 2. The summed E-state index contributed by atoms with van der Waals surface area (Å²) in [4.78, 5) is 31.9. The molecule has 39 heavy (non-hydrogen) atoms. The Labute approximate surface area is 224 Å². The number of benzene rings is 1. The van der Waals surface area contributed by atoms with Crippen LogP contribution in [0.15, 0.2) is 42.9 Å². The Morgan fingerprint density at radius 3 is 2.82 bits per heavy atom. The van der Waals surface area contributed by atoms with Gasteiger partial charge in [0.1, 0.15) is 11.5 Å². The number of likely N-dealkylation sites (N-methyl/N-ethyl adjacent to an activating group) is 1. The van der Waals surface area contributed by atoms with Gasteiger partial charge in [0.05, 0.1) is 41.6 Å². The maximum absolute atomic E-state index is 13.7. The molecule has 3 aliphatic rings. The standard InChI is InChI=1S/C28H29FN8O2/c1-35-7-9-36(10-8-35)27-26(17-5-11-39-16-17)31-15-23(34-27)33-21-3-2-19(20-13-32-28(38)25(20)21)22-14-30-24-12-18(29)4-6-37(22)24/h2-4,6,12,14-15,17H,5,7-11,13,16H2,1H3,(H,32,38)(H,33,34)/t17-/m1/s1. The zero-order valence-corrected chi connectivity index (χ0v) is 21.7. The van der Waals surface area contributed by atoms with Crippen LogP contribution in [-0.4, -0.2) is 76.6 Å². The molecular weight excluding hydrogens is 499 g/mol. The zero-order chi connectivity index (χ0) is 26.5. The fourth-order valence-electron chi connectivity index (χ4n) is 5.72. The van der Waals surface area contributed by atoms with Crippen molar-refractivity contribution in [3.05, 3.63) is 65.5 Å². The predicted octanol–water partition coefficient (Wildman–Crippen LogP) is 3.17. The summed E-state index contributed by atoms with van der Waals surface area (Å²) >= 11 is 0. The minimum Gasteiger partial charge on any atom is -0.381 e. The molecule has 3 aromatic heterocycles. The third-order valence-electron chi connectivity index (χ3n) is 7.88. The highest BCUT2D eigenvalue weighted by molar-refractivity contribution is 6.06. The van der Waals surface area contributed by atoms with E-state index in [4.69, 9.17) is 14.7 Å². The number of rotatable bonds is 5. The summed E-state index contributed by atoms with van der Waals surface area (Å²) in [6.07, 6.45) is 6.05. The summed E-state index contributed by atoms with van der Waals surface area (Å²) in [5.74, 6) is 1.21. The minimum absolute atomic E-state index is 0.152. The predicted molar refractivity (Wildman–Crippen MR) is 145 cm³/mol. The zero-order valence-electron chi connectivity index (χ0n) is 21.7. The first-order valence-corrected chi connectivity index (χ1v) is 13.3. The number of nitrogens with zero attached hydrogens (tertiary/aromatic N) is 6. The molecule has 10 nitrogen and oxygen atoms in total. The van der Waals surface area contributed by atoms with Crippen LogP contribution in [0.2, 0.25) is 0 Å². The van der Waals surface area contributed by atoms with Crippen LogP contribution in [0.25, 0.3) is 16.9 Å². The van der Waals surface area contributed by atoms with Crippen LogP contribution in [0.4, 0.5) is 21.7 Å². The van der Waals surface area contributed by atoms with Crippen molar-refractivity contribution in [2.75, 3.05) is 56.7 Å². The average Bonchev–Trinajstić information content (AvgIpc) is 3.70. The molecule has 4 aromatic rings. The second-order valence-electron chi connectivity index (χ2n) is 10.4. The Morgan fingerprint density at radius 1 is 1.13 bits per heavy atom. The molecular formula is C28H29FN8O2. The van der Waals surface area contributed by atoms with Gasteiger partial charge in [0, 0.05) is 63.1 Å². The van der Waals surface area contributed by atoms with Crippen LogP contribution >= 0.6 is 0 Å². The van der Waals surface area contributed by atoms with E-state index in [0.29, 0.717) is 35.9 Å². The molecule has 200 valence electrons. The Bertz CT molecular complexity index is 1570. The fraction of sp³-hybridized carbons (Fsp3) is 0.357. The number of hydrogen-bond acceptors (Lipinski definition) is 8. The van der Waals surface area contributed by atoms with Crippen molar-refractivity contribution in [3.63, 3.8) is 0 Å². The number of amides is 1. The molecule has 11 heteroatoms. The topological polar surface area (TPSA) is 99.9 Å². The van der Waals surface area contributed by atoms with Crippen molar-refractivity contribution in [3.8, 4) is 11.3 Å². The lowest BCUT2D eigenvalue weighted by Gasteiger charge is -2.34. The monoisotopic (exact) mass is 528 g/mol. The Morgan fingerprint density at radius 2 is 2.00 bits per heavy atom. The van der Waals surface area contributed by atoms with Gasteiger partial charge in [-0.25, -0.2) is 14.4 Å². The molecule has 2 saturated heterocycles. The molecule has 7 rings (SSSR count). The summed E-state index contributed by atoms with van der Waals surface area (Å²) < 4.78 is 21.2. The van der Waals surface area contributed by atoms with Crippen LogP contribution < -0.4 is 15.5 Å². The van der Waals surface area contributed by atoms with Gasteiger partial charge in [-0.05, 0) is 31.2 Å². The van der Waals surface area contributed by atoms with E-state index >= 15 is 0 Å². The second-order valence-corrected chi connectivity index (χ2v) is 10.4. The first-order chi connectivity index (χ1) is 19.0. The Kier molecular flexibility index (Phi) is 5.89. The number of anilines is 3. The van der Waals surface area contributed by atoms with Gasteiger partial charge in [0.25, 0.3) is 5.91 Å². The number of hydrogen-bond donors (Lipinski definition) is 2. The molecule has 0 radical (unpaired) electrons. The Hall–Kier alpha value is -4.09. The van der Waals surface area contributed by atoms with Crippen molar-refractivity contribution in [2.45, 2.75) is 18.9 Å². The van der Waals surface area contributed by atoms with Gasteiger partial charge in [-0.2, -0.15) is 0 Å². The normalized spacial score (nSPS) is 19.5. The molecule has 3 aliphatic heterocycles. The van der Waals surface area contributed by atoms with E-state index in [2.05, 4.69) is 32.5 Å². The fourth-order valence-corrected chi connectivity index (χ4v) is 5.72. The average molecular weight is 529 g/mol. The number of ether oxygens (including phenoxy) is 1. The van der Waals surface area contributed by atoms with Gasteiger partial charge >= 0.3 is 0 Å². The van der Waals surface area contributed by atoms with Crippen molar-refractivity contribution in [1.29, 1.82) is 0 Å². The molecule has 2 fully saturated rings. The van der Waals surface area contributed by atoms with E-state index in [0.717, 1.165) is 67.5 Å². The third-order valence-corrected chi connectivity index (χ3v) is 7.88. The second kappa shape index (κ2) is 9.58. The lowest BCUT2D eigenvalue weighted by molar-refractivity contribution is 0.0966. The van der Waals surface area contributed by atoms with Crippen molar-refractivity contribution in [2.24, 2.45) is 0 Å². The molecule has 0 unspecified atom stereocenters. The molecule has 2 N–H and O–H groups in total. The highest BCUT2D eigenvalue weighted by atomic mass is 19.1. The van der Waals surface area contributed by atoms with Gasteiger partial charge in [-0.3, -0.25) is 14.2 Å². The van der Waals surface area contributed by atoms with Crippen molar-refractivity contribution in [1.82, 2.24) is 29.6 Å². The van der Waals surface area contributed by atoms with Crippen molar-refractivity contribution < 1.29 is 13.9 Å². The van der Waals surface area contributed by atoms with Crippen LogP contribution in [0.5, 0.6) is 0 Å². The molecule has 6 heterocycles. The quantitative estimate of drug-likeness (QED) is 0.408. The summed E-state index contributed by atoms with van der Waals surface area (Å²) in [5, 5.41) is 6.34. The molecule has 0 spiro atoms. The number of aromatic nitrogens is 4. The number of piperazine rings is 1. The molecule has 1 aromatic carbocycles. The van der Waals surface area contributed by atoms with E-state index in [1.807, 2.05) is 16.5 Å². The van der Waals surface area contributed by atoms with E-state index < -0.39 is 0 Å². The van der Waals surface area contributed by atoms with E-state index in [1.165, 1.54) is 12.1 Å². The molecule has 1 amide bonds. The smallest absolute Gasteiger partial charge is 0.254 e. The van der Waals surface area contributed by atoms with E-state index in [1.54, 1.807) is 18.6 Å². The molecule has 1 atom stereocenters. The number of carbonyl (C=O) groups excluding carboxylic acids is 1. The first kappa shape index (κ1) is 24.0. The van der Waals surface area contributed by atoms with Crippen LogP contribution in [0, 0.1) is 5.82 Å². The van der Waals surface area contributed by atoms with Gasteiger partial charge in [-0.15, -0.1) is 0 Å². The number of imidazole rings is 1. The van der Waals surface area contributed by atoms with Crippen molar-refractivity contribution >= 4 is 28.9 Å². The SMILES string of the molecule is CN1CCN(c2nc(Nc3ccc(-c4cnc5cc(F)ccn45)c4c3C(=O)NC4)cnc2[C@@H]2CCOC2)CC1. The van der Waals surface area contributed by atoms with Gasteiger partial charge in [0.2, 0.25) is 0 Å². The minimum atomic E-state index is -0.343. The summed E-state index contributed by atoms with van der Waals surface area (Å²) in [7, 11) is 2.13. The highest BCUT2D eigenvalue weighted by Crippen LogP contribution is 2.37. The van der Waals surface area contributed by atoms with Crippen LogP contribution in [0.3, 0.4) is 0 Å². The van der Waals surface area contributed by atoms with Gasteiger partial charge in [-0.1, -0.05) is 6.07 Å². The lowest BCUT2D eigenvalue weighted by Crippen LogP contribution is -2.45. The number of fused-ring (bicyclic) bond motifs is 2. The van der Waals surface area contributed by atoms with Crippen LogP contribution in [0.1, 0.15) is 34.0 Å². The number of halogens is 1. The van der Waals surface area contributed by atoms with Gasteiger partial charge < -0.3 is 25.2 Å². The maximum Gasteiger partial charge on any atom is 0.254 e. The summed E-state index contributed by atoms with van der Waals surface area (Å²) in [6.45, 7) is 5.48. The summed E-state index contributed by atoms with van der Waals surface area (Å²) in [5.41, 5.74) is 5.25. The number of pyridine rings is 1. The Balaban J connectivity index is 1.25. The van der Waals surface area contributed by atoms with E-state index in [9.17, 15) is 9.18 Å². The van der Waals surface area contributed by atoms with Crippen LogP contribution in [-0.2, 0) is 11.3 Å². The lowest BCUT2D eigenvalue weighted by atomic mass is 9.99.